The molecule has 230 valence electrons. The highest BCUT2D eigenvalue weighted by molar-refractivity contribution is 7.92. The van der Waals surface area contributed by atoms with Crippen molar-refractivity contribution < 1.29 is 36.6 Å². The third kappa shape index (κ3) is 7.75. The first-order valence-electron chi connectivity index (χ1n) is 13.7. The summed E-state index contributed by atoms with van der Waals surface area (Å²) in [6.45, 7) is 7.00. The van der Waals surface area contributed by atoms with E-state index in [4.69, 9.17) is 14.2 Å². The molecular formula is C31H36FN3O7S. The van der Waals surface area contributed by atoms with Gasteiger partial charge in [-0.15, -0.1) is 0 Å². The molecule has 0 bridgehead atoms. The van der Waals surface area contributed by atoms with Crippen LogP contribution in [0.5, 0.6) is 17.2 Å². The number of fused-ring (bicyclic) bond motifs is 1. The van der Waals surface area contributed by atoms with Crippen molar-refractivity contribution in [1.29, 1.82) is 0 Å². The van der Waals surface area contributed by atoms with Crippen molar-refractivity contribution in [3.63, 3.8) is 0 Å². The maximum atomic E-state index is 14.1. The molecule has 0 aliphatic carbocycles. The molecule has 10 nitrogen and oxygen atoms in total. The number of sulfonamides is 1. The SMILES string of the molecule is COc1ccc(CN(C(=O)CN(c2ccc(F)cc2)S(=O)(=O)c2ccc3c(c2)OCCO3)[C@@H](C)C(=O)NC(C)(C)C)cc1. The fourth-order valence-corrected chi connectivity index (χ4v) is 5.86. The van der Waals surface area contributed by atoms with Gasteiger partial charge in [0.25, 0.3) is 10.0 Å². The number of carbonyl (C=O) groups excluding carboxylic acids is 2. The Labute approximate surface area is 251 Å². The lowest BCUT2D eigenvalue weighted by atomic mass is 10.1. The van der Waals surface area contributed by atoms with E-state index in [1.165, 1.54) is 42.3 Å². The van der Waals surface area contributed by atoms with Crippen LogP contribution in [-0.2, 0) is 26.2 Å². The Morgan fingerprint density at radius 2 is 1.60 bits per heavy atom. The van der Waals surface area contributed by atoms with Gasteiger partial charge in [-0.05, 0) is 81.8 Å². The quantitative estimate of drug-likeness (QED) is 0.366. The number of ether oxygens (including phenoxy) is 3. The van der Waals surface area contributed by atoms with Gasteiger partial charge in [0.1, 0.15) is 37.4 Å². The molecule has 0 radical (unpaired) electrons. The number of methoxy groups -OCH3 is 1. The molecule has 0 aromatic heterocycles. The third-order valence-corrected chi connectivity index (χ3v) is 8.44. The topological polar surface area (TPSA) is 114 Å². The van der Waals surface area contributed by atoms with Gasteiger partial charge in [-0.25, -0.2) is 12.8 Å². The van der Waals surface area contributed by atoms with Crippen molar-refractivity contribution in [2.45, 2.75) is 50.7 Å². The summed E-state index contributed by atoms with van der Waals surface area (Å²) in [7, 11) is -2.84. The van der Waals surface area contributed by atoms with Crippen LogP contribution in [-0.4, -0.2) is 63.6 Å². The van der Waals surface area contributed by atoms with E-state index in [2.05, 4.69) is 5.32 Å². The van der Waals surface area contributed by atoms with Crippen molar-refractivity contribution in [1.82, 2.24) is 10.2 Å². The molecule has 0 saturated carbocycles. The standard InChI is InChI=1S/C31H36FN3O7S/c1-21(30(37)33-31(2,3)4)34(19-22-6-12-25(40-5)13-7-22)29(36)20-35(24-10-8-23(32)9-11-24)43(38,39)26-14-15-27-28(18-26)42-17-16-41-27/h6-15,18,21H,16-17,19-20H2,1-5H3,(H,33,37)/t21-/m0/s1. The van der Waals surface area contributed by atoms with Gasteiger partial charge in [0.15, 0.2) is 11.5 Å². The number of nitrogens with one attached hydrogen (secondary N) is 1. The van der Waals surface area contributed by atoms with Gasteiger partial charge in [-0.1, -0.05) is 12.1 Å². The summed E-state index contributed by atoms with van der Waals surface area (Å²) in [4.78, 5) is 28.4. The Kier molecular flexibility index (Phi) is 9.49. The smallest absolute Gasteiger partial charge is 0.264 e. The number of carbonyl (C=O) groups is 2. The second-order valence-corrected chi connectivity index (χ2v) is 12.9. The molecule has 2 amide bonds. The van der Waals surface area contributed by atoms with Crippen molar-refractivity contribution in [3.8, 4) is 17.2 Å². The van der Waals surface area contributed by atoms with Crippen LogP contribution < -0.4 is 23.8 Å². The maximum Gasteiger partial charge on any atom is 0.264 e. The van der Waals surface area contributed by atoms with Crippen molar-refractivity contribution in [2.24, 2.45) is 0 Å². The van der Waals surface area contributed by atoms with Gasteiger partial charge in [-0.3, -0.25) is 13.9 Å². The van der Waals surface area contributed by atoms with Crippen LogP contribution >= 0.6 is 0 Å². The molecule has 0 fully saturated rings. The number of hydrogen-bond donors (Lipinski definition) is 1. The van der Waals surface area contributed by atoms with Crippen molar-refractivity contribution >= 4 is 27.5 Å². The average Bonchev–Trinajstić information content (AvgIpc) is 2.97. The molecule has 43 heavy (non-hydrogen) atoms. The van der Waals surface area contributed by atoms with Crippen LogP contribution in [0.4, 0.5) is 10.1 Å². The number of halogens is 1. The van der Waals surface area contributed by atoms with Gasteiger partial charge < -0.3 is 24.4 Å². The summed E-state index contributed by atoms with van der Waals surface area (Å²) in [6, 6.07) is 15.0. The Morgan fingerprint density at radius 1 is 0.977 bits per heavy atom. The molecule has 12 heteroatoms. The second kappa shape index (κ2) is 12.9. The van der Waals surface area contributed by atoms with Crippen molar-refractivity contribution in [2.75, 3.05) is 31.2 Å². The minimum atomic E-state index is -4.37. The fourth-order valence-electron chi connectivity index (χ4n) is 4.43. The zero-order valence-electron chi connectivity index (χ0n) is 24.8. The lowest BCUT2D eigenvalue weighted by Crippen LogP contribution is -2.54. The molecule has 1 aliphatic heterocycles. The summed E-state index contributed by atoms with van der Waals surface area (Å²) in [5, 5.41) is 2.88. The number of hydrogen-bond acceptors (Lipinski definition) is 7. The van der Waals surface area contributed by atoms with E-state index >= 15 is 0 Å². The van der Waals surface area contributed by atoms with Crippen LogP contribution in [0.2, 0.25) is 0 Å². The molecule has 4 rings (SSSR count). The summed E-state index contributed by atoms with van der Waals surface area (Å²) in [5.41, 5.74) is 0.204. The number of rotatable bonds is 10. The van der Waals surface area contributed by atoms with Gasteiger partial charge in [-0.2, -0.15) is 0 Å². The minimum Gasteiger partial charge on any atom is -0.497 e. The first kappa shape index (κ1) is 31.6. The molecule has 0 saturated heterocycles. The molecule has 0 spiro atoms. The number of benzene rings is 3. The first-order valence-corrected chi connectivity index (χ1v) is 15.1. The predicted molar refractivity (Wildman–Crippen MR) is 159 cm³/mol. The van der Waals surface area contributed by atoms with E-state index in [0.29, 0.717) is 23.7 Å². The highest BCUT2D eigenvalue weighted by atomic mass is 32.2. The van der Waals surface area contributed by atoms with Crippen molar-refractivity contribution in [3.05, 3.63) is 78.1 Å². The Hall–Kier alpha value is -4.32. The molecule has 3 aromatic rings. The van der Waals surface area contributed by atoms with E-state index in [1.54, 1.807) is 31.2 Å². The Bertz CT molecular complexity index is 1560. The molecule has 1 atom stereocenters. The summed E-state index contributed by atoms with van der Waals surface area (Å²) < 4.78 is 59.2. The molecule has 3 aromatic carbocycles. The molecular weight excluding hydrogens is 577 g/mol. The highest BCUT2D eigenvalue weighted by Crippen LogP contribution is 2.34. The van der Waals surface area contributed by atoms with E-state index in [1.807, 2.05) is 20.8 Å². The third-order valence-electron chi connectivity index (χ3n) is 6.67. The Morgan fingerprint density at radius 3 is 2.21 bits per heavy atom. The predicted octanol–water partition coefficient (Wildman–Crippen LogP) is 4.13. The van der Waals surface area contributed by atoms with Gasteiger partial charge >= 0.3 is 0 Å². The van der Waals surface area contributed by atoms with E-state index in [0.717, 1.165) is 16.4 Å². The zero-order chi connectivity index (χ0) is 31.4. The minimum absolute atomic E-state index is 0.0168. The Balaban J connectivity index is 1.72. The highest BCUT2D eigenvalue weighted by Gasteiger charge is 2.34. The largest absolute Gasteiger partial charge is 0.497 e. The fraction of sp³-hybridized carbons (Fsp3) is 0.355. The van der Waals surface area contributed by atoms with Crippen LogP contribution in [0.3, 0.4) is 0 Å². The van der Waals surface area contributed by atoms with E-state index in [9.17, 15) is 22.4 Å². The number of nitrogens with zero attached hydrogens (tertiary/aromatic N) is 2. The van der Waals surface area contributed by atoms with Crippen LogP contribution in [0.25, 0.3) is 0 Å². The summed E-state index contributed by atoms with van der Waals surface area (Å²) in [5.74, 6) is -0.339. The molecule has 0 unspecified atom stereocenters. The monoisotopic (exact) mass is 613 g/mol. The normalized spacial score (nSPS) is 13.5. The molecule has 1 aliphatic rings. The summed E-state index contributed by atoms with van der Waals surface area (Å²) in [6.07, 6.45) is 0. The lowest BCUT2D eigenvalue weighted by Gasteiger charge is -2.33. The number of amides is 2. The molecule has 1 N–H and O–H groups in total. The first-order chi connectivity index (χ1) is 20.3. The second-order valence-electron chi connectivity index (χ2n) is 11.1. The summed E-state index contributed by atoms with van der Waals surface area (Å²) >= 11 is 0. The van der Waals surface area contributed by atoms with E-state index < -0.39 is 45.8 Å². The van der Waals surface area contributed by atoms with Crippen LogP contribution in [0.15, 0.2) is 71.6 Å². The molecule has 1 heterocycles. The number of anilines is 1. The maximum absolute atomic E-state index is 14.1. The average molecular weight is 614 g/mol. The van der Waals surface area contributed by atoms with Crippen LogP contribution in [0.1, 0.15) is 33.3 Å². The zero-order valence-corrected chi connectivity index (χ0v) is 25.6. The van der Waals surface area contributed by atoms with Gasteiger partial charge in [0, 0.05) is 18.2 Å². The van der Waals surface area contributed by atoms with Crippen LogP contribution in [0, 0.1) is 5.82 Å². The van der Waals surface area contributed by atoms with Gasteiger partial charge in [0.05, 0.1) is 17.7 Å². The van der Waals surface area contributed by atoms with Gasteiger partial charge in [0.2, 0.25) is 11.8 Å². The van der Waals surface area contributed by atoms with E-state index in [-0.39, 0.29) is 29.5 Å². The lowest BCUT2D eigenvalue weighted by molar-refractivity contribution is -0.140.